The molecule has 4 rings (SSSR count). The lowest BCUT2D eigenvalue weighted by Gasteiger charge is -2.13. The monoisotopic (exact) mass is 432 g/mol. The van der Waals surface area contributed by atoms with E-state index in [4.69, 9.17) is 10.00 Å². The second kappa shape index (κ2) is 9.80. The van der Waals surface area contributed by atoms with Crippen molar-refractivity contribution in [3.05, 3.63) is 106 Å². The summed E-state index contributed by atoms with van der Waals surface area (Å²) in [7, 11) is 0. The van der Waals surface area contributed by atoms with Crippen LogP contribution in [0.2, 0.25) is 0 Å². The topological polar surface area (TPSA) is 70.8 Å². The highest BCUT2D eigenvalue weighted by atomic mass is 16.5. The number of aryl methyl sites for hydroxylation is 3. The molecule has 0 unspecified atom stereocenters. The molecule has 4 aromatic rings. The van der Waals surface area contributed by atoms with Gasteiger partial charge in [-0.05, 0) is 79.4 Å². The Hall–Kier alpha value is -4.43. The van der Waals surface area contributed by atoms with E-state index in [9.17, 15) is 0 Å². The summed E-state index contributed by atoms with van der Waals surface area (Å²) in [5, 5.41) is 12.1. The van der Waals surface area contributed by atoms with Crippen LogP contribution in [0.5, 0.6) is 11.6 Å². The quantitative estimate of drug-likeness (QED) is 0.333. The van der Waals surface area contributed by atoms with Gasteiger partial charge in [0.05, 0.1) is 11.6 Å². The molecule has 0 aliphatic carbocycles. The average Bonchev–Trinajstić information content (AvgIpc) is 2.82. The van der Waals surface area contributed by atoms with E-state index in [1.807, 2.05) is 26.0 Å². The van der Waals surface area contributed by atoms with E-state index < -0.39 is 0 Å². The minimum absolute atomic E-state index is 0.421. The Morgan fingerprint density at radius 2 is 1.52 bits per heavy atom. The molecule has 0 aliphatic rings. The van der Waals surface area contributed by atoms with Gasteiger partial charge in [0.1, 0.15) is 5.75 Å². The number of ether oxygens (including phenoxy) is 1. The Morgan fingerprint density at radius 3 is 2.18 bits per heavy atom. The van der Waals surface area contributed by atoms with Gasteiger partial charge in [-0.3, -0.25) is 0 Å². The molecule has 0 atom stereocenters. The van der Waals surface area contributed by atoms with Crippen LogP contribution in [0.1, 0.15) is 33.4 Å². The molecule has 1 heterocycles. The number of aromatic nitrogens is 2. The summed E-state index contributed by atoms with van der Waals surface area (Å²) < 4.78 is 6.13. The summed E-state index contributed by atoms with van der Waals surface area (Å²) in [6.07, 6.45) is 5.87. The molecule has 0 radical (unpaired) electrons. The minimum Gasteiger partial charge on any atom is -0.438 e. The van der Waals surface area contributed by atoms with E-state index >= 15 is 0 Å². The van der Waals surface area contributed by atoms with E-state index in [1.54, 1.807) is 24.4 Å². The molecule has 162 valence electrons. The molecule has 0 spiro atoms. The van der Waals surface area contributed by atoms with Crippen LogP contribution in [0.25, 0.3) is 12.2 Å². The van der Waals surface area contributed by atoms with Gasteiger partial charge in [-0.15, -0.1) is 0 Å². The summed E-state index contributed by atoms with van der Waals surface area (Å²) in [5.41, 5.74) is 6.98. The molecule has 3 aromatic carbocycles. The maximum Gasteiger partial charge on any atom is 0.230 e. The van der Waals surface area contributed by atoms with Crippen LogP contribution in [0.3, 0.4) is 0 Å². The van der Waals surface area contributed by atoms with E-state index in [2.05, 4.69) is 76.8 Å². The van der Waals surface area contributed by atoms with Gasteiger partial charge in [0.2, 0.25) is 11.8 Å². The highest BCUT2D eigenvalue weighted by molar-refractivity contribution is 5.71. The second-order valence-corrected chi connectivity index (χ2v) is 7.86. The van der Waals surface area contributed by atoms with Gasteiger partial charge in [0.25, 0.3) is 0 Å². The molecule has 1 aromatic heterocycles. The van der Waals surface area contributed by atoms with E-state index in [1.165, 1.54) is 11.1 Å². The number of anilines is 2. The SMILES string of the molecule is Cc1ccc(/C=C/c2cc(C)c(Oc3ccnc(Nc4ccc(C#N)cc4)n3)c(C)c2)cc1. The van der Waals surface area contributed by atoms with Crippen LogP contribution in [0, 0.1) is 32.1 Å². The Bertz CT molecular complexity index is 1310. The van der Waals surface area contributed by atoms with E-state index in [-0.39, 0.29) is 0 Å². The zero-order valence-electron chi connectivity index (χ0n) is 18.8. The highest BCUT2D eigenvalue weighted by Gasteiger charge is 2.09. The first-order valence-electron chi connectivity index (χ1n) is 10.6. The number of nitrogens with one attached hydrogen (secondary N) is 1. The zero-order chi connectivity index (χ0) is 23.2. The molecular weight excluding hydrogens is 408 g/mol. The molecule has 0 fully saturated rings. The first-order valence-corrected chi connectivity index (χ1v) is 10.6. The van der Waals surface area contributed by atoms with Crippen molar-refractivity contribution in [1.82, 2.24) is 9.97 Å². The van der Waals surface area contributed by atoms with Gasteiger partial charge in [-0.25, -0.2) is 4.98 Å². The van der Waals surface area contributed by atoms with Gasteiger partial charge in [0, 0.05) is 18.0 Å². The highest BCUT2D eigenvalue weighted by Crippen LogP contribution is 2.30. The molecule has 0 aliphatic heterocycles. The maximum absolute atomic E-state index is 8.93. The molecule has 5 nitrogen and oxygen atoms in total. The zero-order valence-corrected chi connectivity index (χ0v) is 18.8. The van der Waals surface area contributed by atoms with E-state index in [0.29, 0.717) is 17.4 Å². The van der Waals surface area contributed by atoms with Gasteiger partial charge in [-0.2, -0.15) is 10.2 Å². The normalized spacial score (nSPS) is 10.7. The lowest BCUT2D eigenvalue weighted by atomic mass is 10.0. The average molecular weight is 433 g/mol. The predicted molar refractivity (Wildman–Crippen MR) is 133 cm³/mol. The van der Waals surface area contributed by atoms with Crippen LogP contribution in [-0.4, -0.2) is 9.97 Å². The third-order valence-electron chi connectivity index (χ3n) is 5.14. The number of benzene rings is 3. The minimum atomic E-state index is 0.421. The van der Waals surface area contributed by atoms with Gasteiger partial charge in [0.15, 0.2) is 0 Å². The molecule has 0 saturated heterocycles. The largest absolute Gasteiger partial charge is 0.438 e. The number of hydrogen-bond acceptors (Lipinski definition) is 5. The molecule has 0 saturated carbocycles. The van der Waals surface area contributed by atoms with Crippen molar-refractivity contribution in [3.63, 3.8) is 0 Å². The summed E-state index contributed by atoms with van der Waals surface area (Å²) in [6.45, 7) is 6.15. The molecule has 5 heteroatoms. The van der Waals surface area contributed by atoms with Gasteiger partial charge < -0.3 is 10.1 Å². The Labute approximate surface area is 194 Å². The van der Waals surface area contributed by atoms with Crippen molar-refractivity contribution in [2.24, 2.45) is 0 Å². The standard InChI is InChI=1S/C28H24N4O/c1-19-4-6-22(7-5-19)8-9-24-16-20(2)27(21(3)17-24)33-26-14-15-30-28(32-26)31-25-12-10-23(18-29)11-13-25/h4-17H,1-3H3,(H,30,31,32)/b9-8+. The van der Waals surface area contributed by atoms with Crippen molar-refractivity contribution in [2.45, 2.75) is 20.8 Å². The van der Waals surface area contributed by atoms with Crippen LogP contribution >= 0.6 is 0 Å². The summed E-state index contributed by atoms with van der Waals surface area (Å²) in [5.74, 6) is 1.66. The third kappa shape index (κ3) is 5.63. The molecule has 33 heavy (non-hydrogen) atoms. The number of hydrogen-bond donors (Lipinski definition) is 1. The summed E-state index contributed by atoms with van der Waals surface area (Å²) in [6, 6.07) is 23.6. The van der Waals surface area contributed by atoms with E-state index in [0.717, 1.165) is 28.1 Å². The van der Waals surface area contributed by atoms with Crippen LogP contribution in [-0.2, 0) is 0 Å². The molecule has 0 bridgehead atoms. The Morgan fingerprint density at radius 1 is 0.848 bits per heavy atom. The van der Waals surface area contributed by atoms with Crippen LogP contribution < -0.4 is 10.1 Å². The molecule has 1 N–H and O–H groups in total. The van der Waals surface area contributed by atoms with Crippen LogP contribution in [0.4, 0.5) is 11.6 Å². The predicted octanol–water partition coefficient (Wildman–Crippen LogP) is 6.98. The fourth-order valence-electron chi connectivity index (χ4n) is 3.43. The first-order chi connectivity index (χ1) is 16.0. The Kier molecular flexibility index (Phi) is 6.47. The van der Waals surface area contributed by atoms with Crippen molar-refractivity contribution < 1.29 is 4.74 Å². The summed E-state index contributed by atoms with van der Waals surface area (Å²) in [4.78, 5) is 8.73. The van der Waals surface area contributed by atoms with Gasteiger partial charge in [-0.1, -0.05) is 42.0 Å². The lowest BCUT2D eigenvalue weighted by Crippen LogP contribution is -1.99. The smallest absolute Gasteiger partial charge is 0.230 e. The summed E-state index contributed by atoms with van der Waals surface area (Å²) >= 11 is 0. The van der Waals surface area contributed by atoms with Crippen LogP contribution in [0.15, 0.2) is 72.9 Å². The third-order valence-corrected chi connectivity index (χ3v) is 5.14. The molecular formula is C28H24N4O. The first kappa shape index (κ1) is 21.8. The Balaban J connectivity index is 1.50. The van der Waals surface area contributed by atoms with Crippen molar-refractivity contribution >= 4 is 23.8 Å². The fraction of sp³-hybridized carbons (Fsp3) is 0.107. The van der Waals surface area contributed by atoms with Crippen molar-refractivity contribution in [3.8, 4) is 17.7 Å². The molecule has 0 amide bonds. The number of rotatable bonds is 6. The number of nitriles is 1. The number of nitrogens with zero attached hydrogens (tertiary/aromatic N) is 3. The van der Waals surface area contributed by atoms with Gasteiger partial charge >= 0.3 is 0 Å². The fourth-order valence-corrected chi connectivity index (χ4v) is 3.43. The van der Waals surface area contributed by atoms with Crippen molar-refractivity contribution in [1.29, 1.82) is 5.26 Å². The second-order valence-electron chi connectivity index (χ2n) is 7.86. The maximum atomic E-state index is 8.93. The lowest BCUT2D eigenvalue weighted by molar-refractivity contribution is 0.455. The van der Waals surface area contributed by atoms with Crippen molar-refractivity contribution in [2.75, 3.05) is 5.32 Å².